The first kappa shape index (κ1) is 14.8. The molecule has 0 fully saturated rings. The minimum Gasteiger partial charge on any atom is -0.487 e. The van der Waals surface area contributed by atoms with Gasteiger partial charge < -0.3 is 10.5 Å². The van der Waals surface area contributed by atoms with Crippen LogP contribution in [-0.2, 0) is 6.61 Å². The fourth-order valence-corrected chi connectivity index (χ4v) is 1.99. The zero-order chi connectivity index (χ0) is 14.7. The molecule has 2 nitrogen and oxygen atoms in total. The van der Waals surface area contributed by atoms with E-state index in [9.17, 15) is 4.39 Å². The molecule has 2 aromatic rings. The van der Waals surface area contributed by atoms with Gasteiger partial charge in [-0.25, -0.2) is 4.39 Å². The lowest BCUT2D eigenvalue weighted by molar-refractivity contribution is 0.300. The molecule has 2 N–H and O–H groups in total. The van der Waals surface area contributed by atoms with E-state index >= 15 is 0 Å². The zero-order valence-electron chi connectivity index (χ0n) is 10.8. The van der Waals surface area contributed by atoms with Gasteiger partial charge in [-0.2, -0.15) is 0 Å². The number of nitrogens with two attached hydrogens (primary N) is 1. The number of thiocarbonyl (C=S) groups is 1. The summed E-state index contributed by atoms with van der Waals surface area (Å²) in [5.41, 5.74) is 7.39. The summed E-state index contributed by atoms with van der Waals surface area (Å²) < 4.78 is 19.4. The third kappa shape index (κ3) is 3.46. The monoisotopic (exact) mass is 309 g/mol. The maximum atomic E-state index is 13.9. The average molecular weight is 310 g/mol. The standard InChI is InChI=1S/C15H13ClFNOS/c1-9-2-5-12(16)14(6-9)19-8-11-4-3-10(15(18)20)7-13(11)17/h2-7H,8H2,1H3,(H2,18,20). The van der Waals surface area contributed by atoms with Crippen molar-refractivity contribution in [3.05, 3.63) is 63.9 Å². The second-order valence-corrected chi connectivity index (χ2v) is 5.24. The first-order chi connectivity index (χ1) is 9.47. The topological polar surface area (TPSA) is 35.2 Å². The number of aryl methyl sites for hydroxylation is 1. The third-order valence-corrected chi connectivity index (χ3v) is 3.36. The van der Waals surface area contributed by atoms with Crippen molar-refractivity contribution in [1.29, 1.82) is 0 Å². The normalized spacial score (nSPS) is 10.3. The summed E-state index contributed by atoms with van der Waals surface area (Å²) in [7, 11) is 0. The van der Waals surface area contributed by atoms with E-state index in [2.05, 4.69) is 0 Å². The third-order valence-electron chi connectivity index (χ3n) is 2.81. The summed E-state index contributed by atoms with van der Waals surface area (Å²) in [6.07, 6.45) is 0. The van der Waals surface area contributed by atoms with Crippen LogP contribution in [0.1, 0.15) is 16.7 Å². The summed E-state index contributed by atoms with van der Waals surface area (Å²) in [5, 5.41) is 0.496. The summed E-state index contributed by atoms with van der Waals surface area (Å²) in [5.74, 6) is 0.128. The van der Waals surface area contributed by atoms with Crippen LogP contribution in [0.5, 0.6) is 5.75 Å². The molecule has 0 saturated carbocycles. The Morgan fingerprint density at radius 3 is 2.70 bits per heavy atom. The van der Waals surface area contributed by atoms with Crippen LogP contribution in [0.4, 0.5) is 4.39 Å². The molecular weight excluding hydrogens is 297 g/mol. The highest BCUT2D eigenvalue weighted by Crippen LogP contribution is 2.26. The highest BCUT2D eigenvalue weighted by Gasteiger charge is 2.08. The average Bonchev–Trinajstić information content (AvgIpc) is 2.40. The number of hydrogen-bond donors (Lipinski definition) is 1. The highest BCUT2D eigenvalue weighted by molar-refractivity contribution is 7.80. The van der Waals surface area contributed by atoms with Crippen LogP contribution in [0, 0.1) is 12.7 Å². The van der Waals surface area contributed by atoms with Gasteiger partial charge in [0.15, 0.2) is 0 Å². The predicted octanol–water partition coefficient (Wildman–Crippen LogP) is 4.00. The van der Waals surface area contributed by atoms with Crippen LogP contribution >= 0.6 is 23.8 Å². The lowest BCUT2D eigenvalue weighted by Gasteiger charge is -2.10. The molecule has 0 radical (unpaired) electrons. The van der Waals surface area contributed by atoms with Gasteiger partial charge in [0.05, 0.1) is 5.02 Å². The van der Waals surface area contributed by atoms with Crippen LogP contribution in [-0.4, -0.2) is 4.99 Å². The van der Waals surface area contributed by atoms with Crippen molar-refractivity contribution in [3.8, 4) is 5.75 Å². The molecule has 0 aromatic heterocycles. The molecule has 0 aliphatic rings. The van der Waals surface area contributed by atoms with Gasteiger partial charge in [-0.05, 0) is 30.7 Å². The molecule has 20 heavy (non-hydrogen) atoms. The van der Waals surface area contributed by atoms with E-state index in [1.165, 1.54) is 6.07 Å². The van der Waals surface area contributed by atoms with Crippen molar-refractivity contribution < 1.29 is 9.13 Å². The number of halogens is 2. The molecule has 0 unspecified atom stereocenters. The molecule has 5 heteroatoms. The van der Waals surface area contributed by atoms with Crippen molar-refractivity contribution in [2.75, 3.05) is 0 Å². The van der Waals surface area contributed by atoms with Gasteiger partial charge in [0.25, 0.3) is 0 Å². The smallest absolute Gasteiger partial charge is 0.138 e. The fraction of sp³-hybridized carbons (Fsp3) is 0.133. The largest absolute Gasteiger partial charge is 0.487 e. The van der Waals surface area contributed by atoms with Gasteiger partial charge in [0.1, 0.15) is 23.2 Å². The van der Waals surface area contributed by atoms with Gasteiger partial charge >= 0.3 is 0 Å². The molecule has 104 valence electrons. The molecule has 0 bridgehead atoms. The van der Waals surface area contributed by atoms with Gasteiger partial charge in [-0.3, -0.25) is 0 Å². The van der Waals surface area contributed by atoms with Crippen LogP contribution < -0.4 is 10.5 Å². The van der Waals surface area contributed by atoms with Crippen LogP contribution in [0.3, 0.4) is 0 Å². The van der Waals surface area contributed by atoms with E-state index in [4.69, 9.17) is 34.3 Å². The second kappa shape index (κ2) is 6.20. The second-order valence-electron chi connectivity index (χ2n) is 4.39. The summed E-state index contributed by atoms with van der Waals surface area (Å²) >= 11 is 10.8. The predicted molar refractivity (Wildman–Crippen MR) is 82.8 cm³/mol. The van der Waals surface area contributed by atoms with Gasteiger partial charge in [-0.15, -0.1) is 0 Å². The number of hydrogen-bond acceptors (Lipinski definition) is 2. The summed E-state index contributed by atoms with van der Waals surface area (Å²) in [4.78, 5) is 0.165. The Hall–Kier alpha value is -1.65. The maximum absolute atomic E-state index is 13.9. The molecular formula is C15H13ClFNOS. The quantitative estimate of drug-likeness (QED) is 0.867. The molecule has 2 rings (SSSR count). The van der Waals surface area contributed by atoms with E-state index in [0.717, 1.165) is 5.56 Å². The minimum atomic E-state index is -0.404. The minimum absolute atomic E-state index is 0.0899. The van der Waals surface area contributed by atoms with Crippen LogP contribution in [0.15, 0.2) is 36.4 Å². The Morgan fingerprint density at radius 2 is 2.05 bits per heavy atom. The Morgan fingerprint density at radius 1 is 1.30 bits per heavy atom. The fourth-order valence-electron chi connectivity index (χ4n) is 1.69. The molecule has 0 amide bonds. The summed E-state index contributed by atoms with van der Waals surface area (Å²) in [6, 6.07) is 10.0. The van der Waals surface area contributed by atoms with E-state index in [-0.39, 0.29) is 11.6 Å². The SMILES string of the molecule is Cc1ccc(Cl)c(OCc2ccc(C(N)=S)cc2F)c1. The molecule has 2 aromatic carbocycles. The Kier molecular flexibility index (Phi) is 4.57. The highest BCUT2D eigenvalue weighted by atomic mass is 35.5. The Labute approximate surface area is 127 Å². The van der Waals surface area contributed by atoms with E-state index in [1.807, 2.05) is 19.1 Å². The number of rotatable bonds is 4. The number of ether oxygens (including phenoxy) is 1. The number of benzene rings is 2. The van der Waals surface area contributed by atoms with Crippen molar-refractivity contribution in [3.63, 3.8) is 0 Å². The molecule has 0 atom stereocenters. The summed E-state index contributed by atoms with van der Waals surface area (Å²) in [6.45, 7) is 2.02. The Balaban J connectivity index is 2.15. The van der Waals surface area contributed by atoms with Gasteiger partial charge in [0.2, 0.25) is 0 Å². The molecule has 0 saturated heterocycles. The lowest BCUT2D eigenvalue weighted by atomic mass is 10.1. The first-order valence-corrected chi connectivity index (χ1v) is 6.73. The van der Waals surface area contributed by atoms with Crippen molar-refractivity contribution in [1.82, 2.24) is 0 Å². The van der Waals surface area contributed by atoms with E-state index < -0.39 is 5.82 Å². The zero-order valence-corrected chi connectivity index (χ0v) is 12.4. The molecule has 0 aliphatic carbocycles. The van der Waals surface area contributed by atoms with Crippen molar-refractivity contribution in [2.24, 2.45) is 5.73 Å². The van der Waals surface area contributed by atoms with E-state index in [1.54, 1.807) is 18.2 Å². The molecule has 0 aliphatic heterocycles. The van der Waals surface area contributed by atoms with Crippen molar-refractivity contribution >= 4 is 28.8 Å². The van der Waals surface area contributed by atoms with Gasteiger partial charge in [0, 0.05) is 11.1 Å². The molecule has 0 spiro atoms. The first-order valence-electron chi connectivity index (χ1n) is 5.94. The van der Waals surface area contributed by atoms with Crippen LogP contribution in [0.2, 0.25) is 5.02 Å². The van der Waals surface area contributed by atoms with Crippen LogP contribution in [0.25, 0.3) is 0 Å². The van der Waals surface area contributed by atoms with Gasteiger partial charge in [-0.1, -0.05) is 42.0 Å². The molecule has 0 heterocycles. The Bertz CT molecular complexity index is 660. The lowest BCUT2D eigenvalue weighted by Crippen LogP contribution is -2.10. The maximum Gasteiger partial charge on any atom is 0.138 e. The van der Waals surface area contributed by atoms with E-state index in [0.29, 0.717) is 21.9 Å². The van der Waals surface area contributed by atoms with Crippen molar-refractivity contribution in [2.45, 2.75) is 13.5 Å².